The van der Waals surface area contributed by atoms with Crippen LogP contribution in [0.2, 0.25) is 0 Å². The molecule has 1 aromatic heterocycles. The zero-order chi connectivity index (χ0) is 19.5. The summed E-state index contributed by atoms with van der Waals surface area (Å²) >= 11 is 0. The van der Waals surface area contributed by atoms with Crippen molar-refractivity contribution in [2.75, 3.05) is 0 Å². The molecule has 1 radical (unpaired) electrons. The number of carbonyl (C=O) groups is 1. The van der Waals surface area contributed by atoms with Gasteiger partial charge in [0.15, 0.2) is 0 Å². The van der Waals surface area contributed by atoms with Crippen LogP contribution in [0.5, 0.6) is 0 Å². The summed E-state index contributed by atoms with van der Waals surface area (Å²) in [5, 5.41) is 6.71. The molecule has 5 nitrogen and oxygen atoms in total. The molecule has 0 aliphatic rings. The van der Waals surface area contributed by atoms with Crippen molar-refractivity contribution >= 4 is 5.91 Å². The van der Waals surface area contributed by atoms with Crippen LogP contribution in [0, 0.1) is 5.82 Å². The minimum Gasteiger partial charge on any atom is -0.354 e. The van der Waals surface area contributed by atoms with Crippen molar-refractivity contribution < 1.29 is 41.9 Å². The molecule has 2 aromatic rings. The Hall–Kier alpha value is -1.40. The second kappa shape index (κ2) is 19.6. The van der Waals surface area contributed by atoms with Gasteiger partial charge in [0.25, 0.3) is 5.56 Å². The maximum absolute atomic E-state index is 12.4. The zero-order valence-electron chi connectivity index (χ0n) is 16.5. The van der Waals surface area contributed by atoms with E-state index in [-0.39, 0.29) is 78.3 Å². The zero-order valence-corrected chi connectivity index (χ0v) is 19.3. The van der Waals surface area contributed by atoms with Crippen molar-refractivity contribution in [2.24, 2.45) is 0 Å². The number of hydrogen-bond acceptors (Lipinski definition) is 3. The van der Waals surface area contributed by atoms with Gasteiger partial charge in [-0.2, -0.15) is 5.10 Å². The summed E-state index contributed by atoms with van der Waals surface area (Å²) in [7, 11) is 0. The van der Waals surface area contributed by atoms with Crippen LogP contribution in [-0.2, 0) is 44.0 Å². The van der Waals surface area contributed by atoms with Gasteiger partial charge in [-0.25, -0.2) is 9.07 Å². The van der Waals surface area contributed by atoms with Gasteiger partial charge < -0.3 is 5.32 Å². The molecule has 1 amide bonds. The minimum atomic E-state index is -0.163. The summed E-state index contributed by atoms with van der Waals surface area (Å²) in [5.74, 6) is 0.337. The Morgan fingerprint density at radius 1 is 1.07 bits per heavy atom. The predicted octanol–water partition coefficient (Wildman–Crippen LogP) is 5.40. The molecule has 1 heterocycles. The van der Waals surface area contributed by atoms with Crippen molar-refractivity contribution in [3.8, 4) is 0 Å². The van der Waals surface area contributed by atoms with Gasteiger partial charge in [-0.3, -0.25) is 9.59 Å². The van der Waals surface area contributed by atoms with Crippen molar-refractivity contribution in [3.05, 3.63) is 64.3 Å². The van der Waals surface area contributed by atoms with Crippen LogP contribution in [0.15, 0.2) is 47.4 Å². The summed E-state index contributed by atoms with van der Waals surface area (Å²) in [4.78, 5) is 22.6. The SMILES string of the molecule is C.C.C.CC(C)NC(=O)CCCn1ncccc1=O.CC(C)c1ccc(F)cc1.[Y]. The van der Waals surface area contributed by atoms with Crippen LogP contribution in [0.4, 0.5) is 4.39 Å². The molecule has 0 saturated heterocycles. The second-order valence-electron chi connectivity index (χ2n) is 6.62. The number of aromatic nitrogens is 2. The van der Waals surface area contributed by atoms with Crippen LogP contribution in [0.1, 0.15) is 74.3 Å². The number of hydrogen-bond donors (Lipinski definition) is 1. The first-order chi connectivity index (χ1) is 12.3. The average molecular weight is 498 g/mol. The molecular formula is C23H40FN3O2Y. The molecule has 0 bridgehead atoms. The number of nitrogens with one attached hydrogen (secondary N) is 1. The molecule has 2 rings (SSSR count). The summed E-state index contributed by atoms with van der Waals surface area (Å²) in [6.45, 7) is 8.49. The number of amides is 1. The van der Waals surface area contributed by atoms with E-state index >= 15 is 0 Å². The Morgan fingerprint density at radius 3 is 2.10 bits per heavy atom. The molecule has 0 spiro atoms. The Labute approximate surface area is 207 Å². The van der Waals surface area contributed by atoms with E-state index in [4.69, 9.17) is 0 Å². The third-order valence-corrected chi connectivity index (χ3v) is 3.55. The fourth-order valence-electron chi connectivity index (χ4n) is 2.19. The van der Waals surface area contributed by atoms with Crippen molar-refractivity contribution in [3.63, 3.8) is 0 Å². The van der Waals surface area contributed by atoms with E-state index in [9.17, 15) is 14.0 Å². The smallest absolute Gasteiger partial charge is 0.266 e. The van der Waals surface area contributed by atoms with Crippen molar-refractivity contribution in [2.45, 2.75) is 81.3 Å². The van der Waals surface area contributed by atoms with Crippen LogP contribution in [0.3, 0.4) is 0 Å². The van der Waals surface area contributed by atoms with Crippen LogP contribution in [0.25, 0.3) is 0 Å². The van der Waals surface area contributed by atoms with Gasteiger partial charge in [0.2, 0.25) is 5.91 Å². The minimum absolute atomic E-state index is 0. The molecular weight excluding hydrogens is 458 g/mol. The van der Waals surface area contributed by atoms with E-state index in [1.165, 1.54) is 28.4 Å². The van der Waals surface area contributed by atoms with Gasteiger partial charge >= 0.3 is 0 Å². The standard InChI is InChI=1S/C11H17N3O2.C9H11F.3CH4.Y/c1-9(2)13-10(15)5-4-8-14-11(16)6-3-7-12-14;1-7(2)8-3-5-9(10)6-4-8;;;;/h3,6-7,9H,4-5,8H2,1-2H3,(H,13,15);3-7H,1-2H3;3*1H4;. The Morgan fingerprint density at radius 2 is 1.63 bits per heavy atom. The van der Waals surface area contributed by atoms with E-state index in [0.717, 1.165) is 0 Å². The Kier molecular flexibility index (Phi) is 23.5. The number of aryl methyl sites for hydroxylation is 1. The van der Waals surface area contributed by atoms with Gasteiger partial charge in [-0.15, -0.1) is 0 Å². The van der Waals surface area contributed by atoms with E-state index < -0.39 is 0 Å². The number of carbonyl (C=O) groups excluding carboxylic acids is 1. The molecule has 169 valence electrons. The maximum Gasteiger partial charge on any atom is 0.266 e. The maximum atomic E-state index is 12.4. The van der Waals surface area contributed by atoms with Crippen LogP contribution < -0.4 is 10.9 Å². The fourth-order valence-corrected chi connectivity index (χ4v) is 2.19. The van der Waals surface area contributed by atoms with Gasteiger partial charge in [-0.1, -0.05) is 48.3 Å². The van der Waals surface area contributed by atoms with Gasteiger partial charge in [-0.05, 0) is 49.9 Å². The Bertz CT molecular complexity index is 732. The quantitative estimate of drug-likeness (QED) is 0.580. The molecule has 7 heteroatoms. The third-order valence-electron chi connectivity index (χ3n) is 3.55. The van der Waals surface area contributed by atoms with Gasteiger partial charge in [0.1, 0.15) is 5.82 Å². The summed E-state index contributed by atoms with van der Waals surface area (Å²) < 4.78 is 13.7. The first-order valence-electron chi connectivity index (χ1n) is 8.86. The molecule has 1 N–H and O–H groups in total. The first kappa shape index (κ1) is 36.0. The fraction of sp³-hybridized carbons (Fsp3) is 0.522. The summed E-state index contributed by atoms with van der Waals surface area (Å²) in [5.41, 5.74) is 1.05. The topological polar surface area (TPSA) is 64.0 Å². The van der Waals surface area contributed by atoms with E-state index in [2.05, 4.69) is 24.3 Å². The van der Waals surface area contributed by atoms with E-state index in [0.29, 0.717) is 25.3 Å². The van der Waals surface area contributed by atoms with Crippen molar-refractivity contribution in [1.82, 2.24) is 15.1 Å². The predicted molar refractivity (Wildman–Crippen MR) is 122 cm³/mol. The number of benzene rings is 1. The molecule has 0 aliphatic heterocycles. The monoisotopic (exact) mass is 498 g/mol. The van der Waals surface area contributed by atoms with Gasteiger partial charge in [0, 0.05) is 64.0 Å². The van der Waals surface area contributed by atoms with Crippen molar-refractivity contribution in [1.29, 1.82) is 0 Å². The number of nitrogens with zero attached hydrogens (tertiary/aromatic N) is 2. The third kappa shape index (κ3) is 15.4. The molecule has 0 unspecified atom stereocenters. The van der Waals surface area contributed by atoms with Gasteiger partial charge in [0.05, 0.1) is 0 Å². The Balaban J connectivity index is -0.000000214. The average Bonchev–Trinajstić information content (AvgIpc) is 2.57. The van der Waals surface area contributed by atoms with Crippen LogP contribution >= 0.6 is 0 Å². The summed E-state index contributed by atoms with van der Waals surface area (Å²) in [6.07, 6.45) is 2.60. The number of halogens is 1. The second-order valence-corrected chi connectivity index (χ2v) is 6.62. The molecule has 0 aliphatic carbocycles. The van der Waals surface area contributed by atoms with E-state index in [1.807, 2.05) is 26.0 Å². The molecule has 30 heavy (non-hydrogen) atoms. The number of rotatable bonds is 6. The normalized spacial score (nSPS) is 9.03. The van der Waals surface area contributed by atoms with E-state index in [1.54, 1.807) is 12.3 Å². The molecule has 0 saturated carbocycles. The largest absolute Gasteiger partial charge is 0.354 e. The van der Waals surface area contributed by atoms with Crippen LogP contribution in [-0.4, -0.2) is 21.7 Å². The molecule has 0 fully saturated rings. The molecule has 0 atom stereocenters. The summed E-state index contributed by atoms with van der Waals surface area (Å²) in [6, 6.07) is 9.85. The first-order valence-corrected chi connectivity index (χ1v) is 8.86. The molecule has 1 aromatic carbocycles.